The number of rotatable bonds is 3. The lowest BCUT2D eigenvalue weighted by atomic mass is 10.1. The van der Waals surface area contributed by atoms with Crippen LogP contribution in [0.3, 0.4) is 0 Å². The smallest absolute Gasteiger partial charge is 0.111 e. The Kier molecular flexibility index (Phi) is 3.83. The van der Waals surface area contributed by atoms with E-state index in [0.29, 0.717) is 0 Å². The van der Waals surface area contributed by atoms with E-state index in [1.807, 2.05) is 0 Å². The summed E-state index contributed by atoms with van der Waals surface area (Å²) in [5.74, 6) is 0. The molecule has 1 aliphatic heterocycles. The summed E-state index contributed by atoms with van der Waals surface area (Å²) in [5, 5.41) is 3.22. The molecule has 0 saturated carbocycles. The average molecular weight is 157 g/mol. The van der Waals surface area contributed by atoms with Crippen LogP contribution in [-0.2, 0) is 0 Å². The van der Waals surface area contributed by atoms with Crippen LogP contribution in [-0.4, -0.2) is 30.8 Å². The molecule has 3 nitrogen and oxygen atoms in total. The third-order valence-corrected chi connectivity index (χ3v) is 2.20. The maximum atomic E-state index is 5.87. The van der Waals surface area contributed by atoms with Crippen molar-refractivity contribution in [2.24, 2.45) is 5.73 Å². The Bertz CT molecular complexity index is 99.5. The lowest BCUT2D eigenvalue weighted by Crippen LogP contribution is -2.53. The van der Waals surface area contributed by atoms with Crippen molar-refractivity contribution in [1.29, 1.82) is 0 Å². The maximum absolute atomic E-state index is 5.87. The molecule has 3 N–H and O–H groups in total. The number of hydrogen-bond donors (Lipinski definition) is 2. The van der Waals surface area contributed by atoms with Crippen molar-refractivity contribution in [3.63, 3.8) is 0 Å². The van der Waals surface area contributed by atoms with Gasteiger partial charge in [-0.15, -0.1) is 0 Å². The van der Waals surface area contributed by atoms with E-state index in [1.54, 1.807) is 0 Å². The number of nitrogens with zero attached hydrogens (tertiary/aromatic N) is 1. The molecule has 3 heteroatoms. The van der Waals surface area contributed by atoms with Gasteiger partial charge in [-0.1, -0.05) is 13.3 Å². The summed E-state index contributed by atoms with van der Waals surface area (Å²) in [6, 6.07) is 0. The Labute approximate surface area is 68.9 Å². The van der Waals surface area contributed by atoms with Gasteiger partial charge in [0.15, 0.2) is 0 Å². The highest BCUT2D eigenvalue weighted by molar-refractivity contribution is 4.68. The van der Waals surface area contributed by atoms with Crippen LogP contribution in [0.2, 0.25) is 0 Å². The second-order valence-corrected chi connectivity index (χ2v) is 3.10. The summed E-state index contributed by atoms with van der Waals surface area (Å²) in [4.78, 5) is 2.31. The second-order valence-electron chi connectivity index (χ2n) is 3.10. The minimum Gasteiger partial charge on any atom is -0.303 e. The summed E-state index contributed by atoms with van der Waals surface area (Å²) in [5.41, 5.74) is 5.87. The molecule has 1 atom stereocenters. The number of piperidine rings is 1. The van der Waals surface area contributed by atoms with E-state index in [0.717, 1.165) is 19.6 Å². The molecular weight excluding hydrogens is 138 g/mol. The van der Waals surface area contributed by atoms with E-state index in [9.17, 15) is 0 Å². The van der Waals surface area contributed by atoms with E-state index >= 15 is 0 Å². The second kappa shape index (κ2) is 4.70. The van der Waals surface area contributed by atoms with Crippen LogP contribution in [0.5, 0.6) is 0 Å². The van der Waals surface area contributed by atoms with Gasteiger partial charge in [0, 0.05) is 13.1 Å². The third kappa shape index (κ3) is 2.77. The minimum atomic E-state index is 0.0836. The van der Waals surface area contributed by atoms with Gasteiger partial charge in [0.25, 0.3) is 0 Å². The molecule has 1 fully saturated rings. The van der Waals surface area contributed by atoms with E-state index in [4.69, 9.17) is 5.73 Å². The molecule has 11 heavy (non-hydrogen) atoms. The van der Waals surface area contributed by atoms with Gasteiger partial charge in [0.1, 0.15) is 6.29 Å². The first-order valence-electron chi connectivity index (χ1n) is 4.57. The SMILES string of the molecule is CCNC(N)N1CCCCC1. The molecule has 66 valence electrons. The molecule has 0 aliphatic carbocycles. The Morgan fingerprint density at radius 1 is 1.36 bits per heavy atom. The Morgan fingerprint density at radius 2 is 2.00 bits per heavy atom. The molecule has 1 rings (SSSR count). The van der Waals surface area contributed by atoms with Gasteiger partial charge in [0.2, 0.25) is 0 Å². The summed E-state index contributed by atoms with van der Waals surface area (Å²) >= 11 is 0. The standard InChI is InChI=1S/C8H19N3/c1-2-10-8(9)11-6-4-3-5-7-11/h8,10H,2-7,9H2,1H3. The van der Waals surface area contributed by atoms with Crippen LogP contribution in [0.25, 0.3) is 0 Å². The minimum absolute atomic E-state index is 0.0836. The molecule has 0 bridgehead atoms. The van der Waals surface area contributed by atoms with Gasteiger partial charge in [-0.2, -0.15) is 0 Å². The van der Waals surface area contributed by atoms with Gasteiger partial charge < -0.3 is 5.73 Å². The highest BCUT2D eigenvalue weighted by atomic mass is 15.3. The van der Waals surface area contributed by atoms with E-state index in [2.05, 4.69) is 17.1 Å². The van der Waals surface area contributed by atoms with Crippen molar-refractivity contribution >= 4 is 0 Å². The van der Waals surface area contributed by atoms with Gasteiger partial charge in [0.05, 0.1) is 0 Å². The molecule has 1 heterocycles. The Morgan fingerprint density at radius 3 is 2.55 bits per heavy atom. The van der Waals surface area contributed by atoms with Gasteiger partial charge >= 0.3 is 0 Å². The van der Waals surface area contributed by atoms with E-state index in [1.165, 1.54) is 19.3 Å². The first kappa shape index (κ1) is 8.97. The highest BCUT2D eigenvalue weighted by Gasteiger charge is 2.15. The fraction of sp³-hybridized carbons (Fsp3) is 1.00. The van der Waals surface area contributed by atoms with Crippen molar-refractivity contribution in [3.8, 4) is 0 Å². The van der Waals surface area contributed by atoms with E-state index < -0.39 is 0 Å². The Hall–Kier alpha value is -0.120. The number of nitrogens with two attached hydrogens (primary N) is 1. The normalized spacial score (nSPS) is 23.5. The quantitative estimate of drug-likeness (QED) is 0.580. The molecule has 1 saturated heterocycles. The largest absolute Gasteiger partial charge is 0.303 e. The molecule has 0 spiro atoms. The molecule has 0 aromatic heterocycles. The van der Waals surface area contributed by atoms with Crippen LogP contribution >= 0.6 is 0 Å². The fourth-order valence-corrected chi connectivity index (χ4v) is 1.53. The van der Waals surface area contributed by atoms with E-state index in [-0.39, 0.29) is 6.29 Å². The van der Waals surface area contributed by atoms with Crippen molar-refractivity contribution in [1.82, 2.24) is 10.2 Å². The number of hydrogen-bond acceptors (Lipinski definition) is 3. The van der Waals surface area contributed by atoms with Crippen LogP contribution in [0.1, 0.15) is 26.2 Å². The average Bonchev–Trinajstić information content (AvgIpc) is 2.07. The molecular formula is C8H19N3. The van der Waals surface area contributed by atoms with Crippen molar-refractivity contribution in [3.05, 3.63) is 0 Å². The number of nitrogens with one attached hydrogen (secondary N) is 1. The lowest BCUT2D eigenvalue weighted by molar-refractivity contribution is 0.142. The molecule has 1 aliphatic rings. The molecule has 0 amide bonds. The summed E-state index contributed by atoms with van der Waals surface area (Å²) in [6.45, 7) is 5.36. The van der Waals surface area contributed by atoms with Crippen molar-refractivity contribution < 1.29 is 0 Å². The zero-order valence-corrected chi connectivity index (χ0v) is 7.34. The molecule has 0 aromatic rings. The maximum Gasteiger partial charge on any atom is 0.111 e. The summed E-state index contributed by atoms with van der Waals surface area (Å²) in [6.07, 6.45) is 4.06. The first-order chi connectivity index (χ1) is 5.34. The zero-order chi connectivity index (χ0) is 8.10. The van der Waals surface area contributed by atoms with Crippen molar-refractivity contribution in [2.45, 2.75) is 32.5 Å². The fourth-order valence-electron chi connectivity index (χ4n) is 1.53. The van der Waals surface area contributed by atoms with Crippen LogP contribution in [0.4, 0.5) is 0 Å². The number of likely N-dealkylation sites (tertiary alicyclic amines) is 1. The third-order valence-electron chi connectivity index (χ3n) is 2.20. The Balaban J connectivity index is 2.21. The van der Waals surface area contributed by atoms with Crippen LogP contribution in [0, 0.1) is 0 Å². The monoisotopic (exact) mass is 157 g/mol. The summed E-state index contributed by atoms with van der Waals surface area (Å²) < 4.78 is 0. The van der Waals surface area contributed by atoms with Crippen LogP contribution in [0.15, 0.2) is 0 Å². The van der Waals surface area contributed by atoms with Gasteiger partial charge in [-0.25, -0.2) is 0 Å². The zero-order valence-electron chi connectivity index (χ0n) is 7.34. The topological polar surface area (TPSA) is 41.3 Å². The summed E-state index contributed by atoms with van der Waals surface area (Å²) in [7, 11) is 0. The van der Waals surface area contributed by atoms with Gasteiger partial charge in [-0.3, -0.25) is 10.2 Å². The molecule has 0 aromatic carbocycles. The first-order valence-corrected chi connectivity index (χ1v) is 4.57. The predicted molar refractivity (Wildman–Crippen MR) is 47.1 cm³/mol. The lowest BCUT2D eigenvalue weighted by Gasteiger charge is -2.32. The highest BCUT2D eigenvalue weighted by Crippen LogP contribution is 2.08. The molecule has 1 unspecified atom stereocenters. The predicted octanol–water partition coefficient (Wildman–Crippen LogP) is 0.324. The van der Waals surface area contributed by atoms with Crippen LogP contribution < -0.4 is 11.1 Å². The molecule has 0 radical (unpaired) electrons. The van der Waals surface area contributed by atoms with Gasteiger partial charge in [-0.05, 0) is 19.4 Å². The van der Waals surface area contributed by atoms with Crippen molar-refractivity contribution in [2.75, 3.05) is 19.6 Å².